The van der Waals surface area contributed by atoms with Crippen LogP contribution in [0.1, 0.15) is 140 Å². The zero-order valence-electron chi connectivity index (χ0n) is 46.0. The van der Waals surface area contributed by atoms with Crippen LogP contribution in [-0.4, -0.2) is 118 Å². The number of nitrogens with one attached hydrogen (secondary N) is 5. The van der Waals surface area contributed by atoms with Crippen LogP contribution in [0, 0.1) is 34.0 Å². The summed E-state index contributed by atoms with van der Waals surface area (Å²) in [6, 6.07) is 12.6. The molecule has 5 amide bonds. The maximum absolute atomic E-state index is 14.1. The molecule has 0 aromatic heterocycles. The Bertz CT molecular complexity index is 2760. The molecule has 7 fully saturated rings. The molecular formula is C60H78N6O14. The number of hydrogen-bond donors (Lipinski definition) is 9. The third kappa shape index (κ3) is 11.7. The zero-order chi connectivity index (χ0) is 57.2. The first kappa shape index (κ1) is 58.3. The van der Waals surface area contributed by atoms with Gasteiger partial charge in [0.05, 0.1) is 18.8 Å². The Labute approximate surface area is 466 Å². The molecule has 80 heavy (non-hydrogen) atoms. The first-order chi connectivity index (χ1) is 38.1. The van der Waals surface area contributed by atoms with Gasteiger partial charge in [0.2, 0.25) is 23.6 Å². The number of alkyl carbamates (subject to hydrolysis) is 1. The lowest BCUT2D eigenvalue weighted by atomic mass is 9.46. The highest BCUT2D eigenvalue weighted by Gasteiger charge is 2.76. The lowest BCUT2D eigenvalue weighted by Crippen LogP contribution is -2.63. The van der Waals surface area contributed by atoms with Crippen molar-refractivity contribution in [3.63, 3.8) is 0 Å². The highest BCUT2D eigenvalue weighted by atomic mass is 16.7. The summed E-state index contributed by atoms with van der Waals surface area (Å²) in [4.78, 5) is 102. The lowest BCUT2D eigenvalue weighted by molar-refractivity contribution is -0.201. The predicted molar refractivity (Wildman–Crippen MR) is 291 cm³/mol. The quantitative estimate of drug-likeness (QED) is 0.0709. The number of ketones is 2. The van der Waals surface area contributed by atoms with E-state index in [2.05, 4.69) is 45.6 Å². The number of amides is 5. The summed E-state index contributed by atoms with van der Waals surface area (Å²) in [6.45, 7) is 4.60. The summed E-state index contributed by atoms with van der Waals surface area (Å²) < 4.78 is 19.2. The van der Waals surface area contributed by atoms with Crippen LogP contribution >= 0.6 is 0 Å². The summed E-state index contributed by atoms with van der Waals surface area (Å²) in [7, 11) is 0. The molecule has 2 bridgehead atoms. The van der Waals surface area contributed by atoms with Crippen molar-refractivity contribution in [1.82, 2.24) is 21.3 Å². The molecule has 10 N–H and O–H groups in total. The molecule has 20 nitrogen and oxygen atoms in total. The van der Waals surface area contributed by atoms with Gasteiger partial charge in [0.1, 0.15) is 25.3 Å². The molecule has 2 aromatic rings. The number of aliphatic hydroxyl groups is 2. The number of carbonyl (C=O) groups is 8. The van der Waals surface area contributed by atoms with Crippen molar-refractivity contribution in [3.05, 3.63) is 89.0 Å². The normalized spacial score (nSPS) is 32.4. The number of carboxylic acid groups (broad SMARTS) is 1. The molecule has 10 rings (SSSR count). The van der Waals surface area contributed by atoms with Crippen LogP contribution in [0.4, 0.5) is 10.5 Å². The van der Waals surface area contributed by atoms with Gasteiger partial charge in [0.15, 0.2) is 23.5 Å². The largest absolute Gasteiger partial charge is 0.481 e. The van der Waals surface area contributed by atoms with Crippen LogP contribution < -0.4 is 32.3 Å². The van der Waals surface area contributed by atoms with E-state index in [4.69, 9.17) is 19.9 Å². The number of ether oxygens (including phenoxy) is 3. The van der Waals surface area contributed by atoms with E-state index >= 15 is 0 Å². The second-order valence-electron chi connectivity index (χ2n) is 24.2. The summed E-state index contributed by atoms with van der Waals surface area (Å²) in [5.74, 6) is -4.08. The Morgan fingerprint density at radius 3 is 2.23 bits per heavy atom. The van der Waals surface area contributed by atoms with Crippen molar-refractivity contribution in [1.29, 1.82) is 0 Å². The minimum atomic E-state index is -1.43. The van der Waals surface area contributed by atoms with Gasteiger partial charge in [0, 0.05) is 46.9 Å². The number of carbonyl (C=O) groups excluding carboxylic acids is 7. The Kier molecular flexibility index (Phi) is 17.2. The second kappa shape index (κ2) is 23.6. The van der Waals surface area contributed by atoms with E-state index in [1.807, 2.05) is 25.1 Å². The fourth-order valence-electron chi connectivity index (χ4n) is 15.2. The highest BCUT2D eigenvalue weighted by molar-refractivity contribution is 6.01. The van der Waals surface area contributed by atoms with Gasteiger partial charge in [0.25, 0.3) is 0 Å². The van der Waals surface area contributed by atoms with E-state index in [1.165, 1.54) is 12.5 Å². The number of anilines is 1. The van der Waals surface area contributed by atoms with Gasteiger partial charge in [-0.3, -0.25) is 33.6 Å². The molecule has 2 aromatic carbocycles. The highest BCUT2D eigenvalue weighted by Crippen LogP contribution is 2.70. The van der Waals surface area contributed by atoms with Gasteiger partial charge >= 0.3 is 12.1 Å². The molecular weight excluding hydrogens is 1030 g/mol. The zero-order valence-corrected chi connectivity index (χ0v) is 46.0. The summed E-state index contributed by atoms with van der Waals surface area (Å²) >= 11 is 0. The van der Waals surface area contributed by atoms with Gasteiger partial charge in [-0.05, 0) is 156 Å². The van der Waals surface area contributed by atoms with Crippen molar-refractivity contribution in [2.24, 2.45) is 39.7 Å². The minimum Gasteiger partial charge on any atom is -0.481 e. The van der Waals surface area contributed by atoms with Crippen molar-refractivity contribution < 1.29 is 67.9 Å². The maximum Gasteiger partial charge on any atom is 0.407 e. The number of aliphatic hydroxyl groups excluding tert-OH is 2. The topological polar surface area (TPSA) is 311 Å². The Morgan fingerprint density at radius 1 is 0.875 bits per heavy atom. The molecule has 0 spiro atoms. The van der Waals surface area contributed by atoms with Crippen LogP contribution in [0.15, 0.2) is 72.3 Å². The van der Waals surface area contributed by atoms with Crippen LogP contribution in [0.5, 0.6) is 0 Å². The number of hydrogen-bond acceptors (Lipinski definition) is 14. The number of rotatable bonds is 22. The lowest BCUT2D eigenvalue weighted by Gasteiger charge is -2.59. The van der Waals surface area contributed by atoms with Crippen molar-refractivity contribution >= 4 is 52.9 Å². The Morgan fingerprint density at radius 2 is 1.56 bits per heavy atom. The summed E-state index contributed by atoms with van der Waals surface area (Å²) in [5, 5.41) is 45.1. The van der Waals surface area contributed by atoms with E-state index in [0.717, 1.165) is 68.9 Å². The molecule has 432 valence electrons. The molecule has 11 atom stereocenters. The van der Waals surface area contributed by atoms with E-state index in [1.54, 1.807) is 36.4 Å². The number of Topliss-reactive ketones (excluding diaryl/α,β-unsaturated/α-hetero) is 1. The maximum atomic E-state index is 14.1. The molecule has 7 aliphatic carbocycles. The smallest absolute Gasteiger partial charge is 0.407 e. The van der Waals surface area contributed by atoms with Gasteiger partial charge in [-0.15, -0.1) is 0 Å². The number of carboxylic acids is 1. The van der Waals surface area contributed by atoms with Crippen LogP contribution in [0.25, 0.3) is 0 Å². The van der Waals surface area contributed by atoms with Crippen LogP contribution in [-0.2, 0) is 60.8 Å². The molecule has 1 aliphatic heterocycles. The fraction of sp³-hybridized carbons (Fsp3) is 0.600. The average Bonchev–Trinajstić information content (AvgIpc) is 3.56. The van der Waals surface area contributed by atoms with E-state index in [0.29, 0.717) is 49.9 Å². The number of allylic oxidation sites excluding steroid dienone is 4. The molecule has 0 radical (unpaired) electrons. The van der Waals surface area contributed by atoms with Crippen molar-refractivity contribution in [2.45, 2.75) is 172 Å². The standard InChI is InChI=1S/C60H78N6O14/c1-35(68)63-44(6-4-5-27-61)52(75)62-32-49(72)65-45(17-18-50(73)74)53(76)64-40-14-9-37(10-15-40)34-78-55(77)66-59-24-21-58(22-25-59,23-26-59)30-36-7-11-38(12-8-36)54-79-48-29-43-42-16-13-39-28-41(69)19-20-56(39,2)51(42)46(70)31-57(43,3)60(48,80-54)47(71)33-67/h7-12,14-15,19-20,28,42-46,48,51,54,67,70H,4-6,13,16-18,21-27,29-34,61H2,1-3H3,(H,62,75)(H,63,68)(H,64,76)(H,65,72)(H,66,77)(H,73,74)/t42-,43-,44-,45-,46-,48+,51+,54?,56-,57-,58?,59?,60+/m0/s1. The number of nitrogens with two attached hydrogens (primary N) is 1. The van der Waals surface area contributed by atoms with Gasteiger partial charge in [-0.2, -0.15) is 0 Å². The SMILES string of the molecule is CC(=O)N[C@@H](CCCCN)C(=O)NCC(=O)N[C@@H](CCC(=O)O)C(=O)Nc1ccc(COC(=O)NC23CCC(Cc4ccc(C5O[C@@H]6C[C@H]7[C@@H]8CCC9=CC(=O)C=C[C@]9(C)[C@H]8[C@@H](O)C[C@]7(C)[C@]6(C(=O)CO)O5)cc4)(CC2)CC3)cc1. The Hall–Kier alpha value is -6.32. The third-order valence-electron chi connectivity index (χ3n) is 19.3. The molecule has 6 saturated carbocycles. The average molecular weight is 1110 g/mol. The summed E-state index contributed by atoms with van der Waals surface area (Å²) in [6.07, 6.45) is 12.0. The van der Waals surface area contributed by atoms with E-state index in [-0.39, 0.29) is 47.5 Å². The number of unbranched alkanes of at least 4 members (excludes halogenated alkanes) is 1. The number of aliphatic carboxylic acids is 1. The first-order valence-corrected chi connectivity index (χ1v) is 28.4. The Balaban J connectivity index is 0.733. The first-order valence-electron chi connectivity index (χ1n) is 28.4. The van der Waals surface area contributed by atoms with Gasteiger partial charge < -0.3 is 61.8 Å². The molecule has 1 saturated heterocycles. The number of benzene rings is 2. The minimum absolute atomic E-state index is 0.00272. The molecule has 1 unspecified atom stereocenters. The monoisotopic (exact) mass is 1110 g/mol. The van der Waals surface area contributed by atoms with E-state index < -0.39 is 108 Å². The van der Waals surface area contributed by atoms with Crippen LogP contribution in [0.3, 0.4) is 0 Å². The van der Waals surface area contributed by atoms with Gasteiger partial charge in [-0.25, -0.2) is 4.79 Å². The van der Waals surface area contributed by atoms with E-state index in [9.17, 15) is 53.7 Å². The molecule has 20 heteroatoms. The van der Waals surface area contributed by atoms with Crippen LogP contribution in [0.2, 0.25) is 0 Å². The fourth-order valence-corrected chi connectivity index (χ4v) is 15.2. The van der Waals surface area contributed by atoms with Crippen molar-refractivity contribution in [2.75, 3.05) is 25.0 Å². The second-order valence-corrected chi connectivity index (χ2v) is 24.2. The predicted octanol–water partition coefficient (Wildman–Crippen LogP) is 4.89. The summed E-state index contributed by atoms with van der Waals surface area (Å²) in [5.41, 5.74) is 6.56. The van der Waals surface area contributed by atoms with Gasteiger partial charge in [-0.1, -0.05) is 61.9 Å². The number of fused-ring (bicyclic) bond motifs is 10. The van der Waals surface area contributed by atoms with Crippen molar-refractivity contribution in [3.8, 4) is 0 Å². The molecule has 1 heterocycles. The molecule has 8 aliphatic rings. The third-order valence-corrected chi connectivity index (χ3v) is 19.3.